The number of amides is 1. The van der Waals surface area contributed by atoms with Gasteiger partial charge in [-0.15, -0.1) is 11.3 Å². The van der Waals surface area contributed by atoms with Gasteiger partial charge in [-0.2, -0.15) is 0 Å². The zero-order valence-electron chi connectivity index (χ0n) is 15.4. The molecular weight excluding hydrogens is 388 g/mol. The molecule has 0 spiro atoms. The minimum Gasteiger partial charge on any atom is -0.461 e. The van der Waals surface area contributed by atoms with E-state index in [1.807, 2.05) is 6.92 Å². The Kier molecular flexibility index (Phi) is 8.71. The molecule has 0 N–H and O–H groups in total. The molecule has 1 aromatic heterocycles. The van der Waals surface area contributed by atoms with Crippen LogP contribution < -0.4 is 0 Å². The van der Waals surface area contributed by atoms with Crippen molar-refractivity contribution in [2.45, 2.75) is 26.8 Å². The van der Waals surface area contributed by atoms with E-state index in [4.69, 9.17) is 21.1 Å². The number of hydrogen-bond acceptors (Lipinski definition) is 6. The number of ether oxygens (including phenoxy) is 2. The number of halogens is 1. The molecule has 0 bridgehead atoms. The highest BCUT2D eigenvalue weighted by Gasteiger charge is 2.19. The molecule has 8 heteroatoms. The lowest BCUT2D eigenvalue weighted by atomic mass is 10.2. The van der Waals surface area contributed by atoms with E-state index in [9.17, 15) is 9.59 Å². The van der Waals surface area contributed by atoms with Crippen LogP contribution in [0.5, 0.6) is 0 Å². The quantitative estimate of drug-likeness (QED) is 0.436. The molecule has 1 heterocycles. The van der Waals surface area contributed by atoms with Crippen molar-refractivity contribution in [3.05, 3.63) is 50.9 Å². The topological polar surface area (TPSA) is 68.7 Å². The number of nitrogens with zero attached hydrogens (tertiary/aromatic N) is 2. The van der Waals surface area contributed by atoms with Gasteiger partial charge < -0.3 is 14.4 Å². The lowest BCUT2D eigenvalue weighted by Gasteiger charge is -2.22. The van der Waals surface area contributed by atoms with Crippen LogP contribution in [0, 0.1) is 0 Å². The summed E-state index contributed by atoms with van der Waals surface area (Å²) in [4.78, 5) is 30.7. The molecule has 0 aliphatic rings. The Morgan fingerprint density at radius 1 is 1.19 bits per heavy atom. The smallest absolute Gasteiger partial charge is 0.357 e. The third kappa shape index (κ3) is 6.61. The van der Waals surface area contributed by atoms with E-state index in [0.717, 1.165) is 0 Å². The standard InChI is InChI=1S/C19H23ClN2O4S/c1-3-25-11-5-10-22(18(23)14-6-8-15(20)9-7-14)12-17-21-16(13-27-17)19(24)26-4-2/h6-9,13H,3-5,10-12H2,1-2H3. The van der Waals surface area contributed by atoms with Crippen LogP contribution in [0.25, 0.3) is 0 Å². The van der Waals surface area contributed by atoms with E-state index >= 15 is 0 Å². The largest absolute Gasteiger partial charge is 0.461 e. The van der Waals surface area contributed by atoms with Crippen LogP contribution in [0.4, 0.5) is 0 Å². The van der Waals surface area contributed by atoms with E-state index in [1.165, 1.54) is 11.3 Å². The summed E-state index contributed by atoms with van der Waals surface area (Å²) < 4.78 is 10.3. The van der Waals surface area contributed by atoms with E-state index < -0.39 is 5.97 Å². The second kappa shape index (κ2) is 11.0. The van der Waals surface area contributed by atoms with Gasteiger partial charge in [-0.3, -0.25) is 4.79 Å². The fraction of sp³-hybridized carbons (Fsp3) is 0.421. The summed E-state index contributed by atoms with van der Waals surface area (Å²) >= 11 is 7.24. The Morgan fingerprint density at radius 3 is 2.59 bits per heavy atom. The molecule has 1 amide bonds. The van der Waals surface area contributed by atoms with Gasteiger partial charge >= 0.3 is 5.97 Å². The Balaban J connectivity index is 2.10. The maximum Gasteiger partial charge on any atom is 0.357 e. The molecule has 0 saturated heterocycles. The third-order valence-electron chi connectivity index (χ3n) is 3.66. The number of esters is 1. The number of carbonyl (C=O) groups excluding carboxylic acids is 2. The Morgan fingerprint density at radius 2 is 1.93 bits per heavy atom. The summed E-state index contributed by atoms with van der Waals surface area (Å²) in [6.45, 7) is 6.03. The summed E-state index contributed by atoms with van der Waals surface area (Å²) in [5, 5.41) is 2.91. The molecule has 1 aromatic carbocycles. The van der Waals surface area contributed by atoms with Gasteiger partial charge in [-0.25, -0.2) is 9.78 Å². The van der Waals surface area contributed by atoms with Crippen LogP contribution in [-0.4, -0.2) is 48.1 Å². The summed E-state index contributed by atoms with van der Waals surface area (Å²) in [5.41, 5.74) is 0.822. The molecule has 0 radical (unpaired) electrons. The van der Waals surface area contributed by atoms with E-state index in [2.05, 4.69) is 4.98 Å². The molecule has 27 heavy (non-hydrogen) atoms. The predicted octanol–water partition coefficient (Wildman–Crippen LogP) is 4.04. The Hall–Kier alpha value is -1.96. The molecule has 2 rings (SSSR count). The van der Waals surface area contributed by atoms with Crippen molar-refractivity contribution in [3.8, 4) is 0 Å². The lowest BCUT2D eigenvalue weighted by Crippen LogP contribution is -2.32. The number of aromatic nitrogens is 1. The molecular formula is C19H23ClN2O4S. The normalized spacial score (nSPS) is 10.6. The van der Waals surface area contributed by atoms with E-state index in [1.54, 1.807) is 41.5 Å². The van der Waals surface area contributed by atoms with Crippen molar-refractivity contribution < 1.29 is 19.1 Å². The second-order valence-corrected chi connectivity index (χ2v) is 7.01. The Labute approximate surface area is 168 Å². The van der Waals surface area contributed by atoms with E-state index in [0.29, 0.717) is 54.9 Å². The first-order valence-corrected chi connectivity index (χ1v) is 10.0. The summed E-state index contributed by atoms with van der Waals surface area (Å²) in [5.74, 6) is -0.567. The van der Waals surface area contributed by atoms with E-state index in [-0.39, 0.29) is 11.6 Å². The highest BCUT2D eigenvalue weighted by atomic mass is 35.5. The minimum absolute atomic E-state index is 0.115. The second-order valence-electron chi connectivity index (χ2n) is 5.63. The van der Waals surface area contributed by atoms with Gasteiger partial charge in [-0.05, 0) is 44.5 Å². The summed E-state index contributed by atoms with van der Waals surface area (Å²) in [6.07, 6.45) is 0.712. The van der Waals surface area contributed by atoms with Crippen molar-refractivity contribution in [3.63, 3.8) is 0 Å². The highest BCUT2D eigenvalue weighted by Crippen LogP contribution is 2.17. The van der Waals surface area contributed by atoms with Gasteiger partial charge in [0.15, 0.2) is 5.69 Å². The average Bonchev–Trinajstić information content (AvgIpc) is 3.13. The van der Waals surface area contributed by atoms with Crippen molar-refractivity contribution >= 4 is 34.8 Å². The van der Waals surface area contributed by atoms with Crippen molar-refractivity contribution in [1.82, 2.24) is 9.88 Å². The summed E-state index contributed by atoms with van der Waals surface area (Å²) in [6, 6.07) is 6.78. The van der Waals surface area contributed by atoms with Gasteiger partial charge in [0, 0.05) is 35.7 Å². The first-order valence-electron chi connectivity index (χ1n) is 8.79. The van der Waals surface area contributed by atoms with Crippen LogP contribution >= 0.6 is 22.9 Å². The van der Waals surface area contributed by atoms with Crippen LogP contribution in [0.15, 0.2) is 29.6 Å². The number of benzene rings is 1. The maximum absolute atomic E-state index is 12.9. The lowest BCUT2D eigenvalue weighted by molar-refractivity contribution is 0.0520. The van der Waals surface area contributed by atoms with Gasteiger partial charge in [0.05, 0.1) is 13.2 Å². The average molecular weight is 411 g/mol. The Bertz CT molecular complexity index is 748. The summed E-state index contributed by atoms with van der Waals surface area (Å²) in [7, 11) is 0. The molecule has 6 nitrogen and oxygen atoms in total. The fourth-order valence-corrected chi connectivity index (χ4v) is 3.28. The van der Waals surface area contributed by atoms with Crippen molar-refractivity contribution in [1.29, 1.82) is 0 Å². The predicted molar refractivity (Wildman–Crippen MR) is 105 cm³/mol. The van der Waals surface area contributed by atoms with Crippen molar-refractivity contribution in [2.75, 3.05) is 26.4 Å². The fourth-order valence-electron chi connectivity index (χ4n) is 2.37. The van der Waals surface area contributed by atoms with Crippen LogP contribution in [0.1, 0.15) is 46.1 Å². The molecule has 0 fully saturated rings. The number of carbonyl (C=O) groups is 2. The van der Waals surface area contributed by atoms with Gasteiger partial charge in [0.2, 0.25) is 0 Å². The number of rotatable bonds is 10. The molecule has 2 aromatic rings. The highest BCUT2D eigenvalue weighted by molar-refractivity contribution is 7.09. The zero-order valence-corrected chi connectivity index (χ0v) is 17.0. The minimum atomic E-state index is -0.452. The zero-order chi connectivity index (χ0) is 19.6. The van der Waals surface area contributed by atoms with Crippen molar-refractivity contribution in [2.24, 2.45) is 0 Å². The maximum atomic E-state index is 12.9. The molecule has 0 aliphatic heterocycles. The van der Waals surface area contributed by atoms with Crippen LogP contribution in [-0.2, 0) is 16.0 Å². The molecule has 0 unspecified atom stereocenters. The number of hydrogen-bond donors (Lipinski definition) is 0. The first-order chi connectivity index (χ1) is 13.0. The number of thiazole rings is 1. The van der Waals surface area contributed by atoms with Crippen LogP contribution in [0.3, 0.4) is 0 Å². The molecule has 0 atom stereocenters. The SMILES string of the molecule is CCOCCCN(Cc1nc(C(=O)OCC)cs1)C(=O)c1ccc(Cl)cc1. The van der Waals surface area contributed by atoms with Crippen LogP contribution in [0.2, 0.25) is 5.02 Å². The monoisotopic (exact) mass is 410 g/mol. The van der Waals surface area contributed by atoms with Gasteiger partial charge in [-0.1, -0.05) is 11.6 Å². The third-order valence-corrected chi connectivity index (χ3v) is 4.75. The molecule has 0 aliphatic carbocycles. The molecule has 146 valence electrons. The molecule has 0 saturated carbocycles. The van der Waals surface area contributed by atoms with Gasteiger partial charge in [0.1, 0.15) is 5.01 Å². The first kappa shape index (κ1) is 21.3. The van der Waals surface area contributed by atoms with Gasteiger partial charge in [0.25, 0.3) is 5.91 Å².